The predicted octanol–water partition coefficient (Wildman–Crippen LogP) is 2.97. The van der Waals surface area contributed by atoms with Crippen molar-refractivity contribution in [3.05, 3.63) is 27.4 Å². The minimum absolute atomic E-state index is 0.1000. The number of halogens is 3. The van der Waals surface area contributed by atoms with Crippen LogP contribution in [-0.4, -0.2) is 30.3 Å². The lowest BCUT2D eigenvalue weighted by atomic mass is 10.2. The molecule has 0 aromatic heterocycles. The van der Waals surface area contributed by atoms with Gasteiger partial charge >= 0.3 is 5.97 Å². The number of ether oxygens (including phenoxy) is 1. The summed E-state index contributed by atoms with van der Waals surface area (Å²) in [5, 5.41) is 12.7. The number of aliphatic hydroxyl groups is 1. The average molecular weight is 355 g/mol. The Hall–Kier alpha value is -0.850. The van der Waals surface area contributed by atoms with Gasteiger partial charge in [0.05, 0.1) is 29.8 Å². The fourth-order valence-electron chi connectivity index (χ4n) is 1.42. The minimum atomic E-state index is -0.910. The van der Waals surface area contributed by atoms with Crippen LogP contribution >= 0.6 is 27.5 Å². The molecule has 0 spiro atoms. The Balaban J connectivity index is 2.55. The molecule has 106 valence electrons. The Morgan fingerprint density at radius 2 is 2.32 bits per heavy atom. The highest BCUT2D eigenvalue weighted by molar-refractivity contribution is 9.10. The number of esters is 1. The second kappa shape index (κ2) is 7.67. The Bertz CT molecular complexity index is 436. The third kappa shape index (κ3) is 5.34. The molecule has 2 N–H and O–H groups in total. The molecular weight excluding hydrogens is 340 g/mol. The molecule has 7 heteroatoms. The van der Waals surface area contributed by atoms with Crippen LogP contribution in [0.2, 0.25) is 5.02 Å². The second-order valence-corrected chi connectivity index (χ2v) is 5.05. The molecule has 1 atom stereocenters. The van der Waals surface area contributed by atoms with Crippen LogP contribution in [0.1, 0.15) is 13.3 Å². The van der Waals surface area contributed by atoms with Crippen LogP contribution in [0.15, 0.2) is 16.6 Å². The summed E-state index contributed by atoms with van der Waals surface area (Å²) in [6.45, 7) is 2.06. The third-order valence-corrected chi connectivity index (χ3v) is 3.15. The van der Waals surface area contributed by atoms with Gasteiger partial charge in [0, 0.05) is 11.0 Å². The van der Waals surface area contributed by atoms with Gasteiger partial charge in [-0.05, 0) is 35.0 Å². The standard InChI is InChI=1S/C12H14BrClFNO3/c1-2-19-11(18)5-8(17)6-16-12-9(13)3-7(15)4-10(12)14/h3-4,8,16-17H,2,5-6H2,1H3. The molecule has 0 aliphatic carbocycles. The summed E-state index contributed by atoms with van der Waals surface area (Å²) in [6, 6.07) is 2.41. The summed E-state index contributed by atoms with van der Waals surface area (Å²) in [6.07, 6.45) is -1.02. The van der Waals surface area contributed by atoms with E-state index in [1.807, 2.05) is 0 Å². The van der Waals surface area contributed by atoms with E-state index in [9.17, 15) is 14.3 Å². The monoisotopic (exact) mass is 353 g/mol. The van der Waals surface area contributed by atoms with Gasteiger partial charge in [-0.3, -0.25) is 4.79 Å². The molecule has 1 aromatic rings. The van der Waals surface area contributed by atoms with Crippen molar-refractivity contribution in [3.8, 4) is 0 Å². The van der Waals surface area contributed by atoms with E-state index in [-0.39, 0.29) is 24.6 Å². The van der Waals surface area contributed by atoms with Crippen LogP contribution < -0.4 is 5.32 Å². The van der Waals surface area contributed by atoms with Crippen LogP contribution in [0.4, 0.5) is 10.1 Å². The maximum atomic E-state index is 13.0. The van der Waals surface area contributed by atoms with Gasteiger partial charge in [0.1, 0.15) is 5.82 Å². The van der Waals surface area contributed by atoms with E-state index in [4.69, 9.17) is 16.3 Å². The van der Waals surface area contributed by atoms with E-state index in [0.29, 0.717) is 10.2 Å². The number of carbonyl (C=O) groups is 1. The number of anilines is 1. The van der Waals surface area contributed by atoms with Crippen molar-refractivity contribution in [2.45, 2.75) is 19.4 Å². The Morgan fingerprint density at radius 3 is 2.89 bits per heavy atom. The quantitative estimate of drug-likeness (QED) is 0.771. The van der Waals surface area contributed by atoms with Crippen LogP contribution in [0.5, 0.6) is 0 Å². The van der Waals surface area contributed by atoms with Crippen LogP contribution in [0.3, 0.4) is 0 Å². The summed E-state index contributed by atoms with van der Waals surface area (Å²) in [5.74, 6) is -0.935. The number of benzene rings is 1. The van der Waals surface area contributed by atoms with Crippen molar-refractivity contribution < 1.29 is 19.0 Å². The molecular formula is C12H14BrClFNO3. The Morgan fingerprint density at radius 1 is 1.63 bits per heavy atom. The van der Waals surface area contributed by atoms with Gasteiger partial charge in [0.25, 0.3) is 0 Å². The van der Waals surface area contributed by atoms with E-state index in [2.05, 4.69) is 21.2 Å². The molecule has 1 rings (SSSR count). The van der Waals surface area contributed by atoms with Gasteiger partial charge in [-0.25, -0.2) is 4.39 Å². The maximum absolute atomic E-state index is 13.0. The summed E-state index contributed by atoms with van der Waals surface area (Å²) in [5.41, 5.74) is 0.464. The van der Waals surface area contributed by atoms with E-state index >= 15 is 0 Å². The van der Waals surface area contributed by atoms with Gasteiger partial charge in [-0.2, -0.15) is 0 Å². The lowest BCUT2D eigenvalue weighted by Crippen LogP contribution is -2.24. The fraction of sp³-hybridized carbons (Fsp3) is 0.417. The summed E-state index contributed by atoms with van der Waals surface area (Å²) in [7, 11) is 0. The fourth-order valence-corrected chi connectivity index (χ4v) is 2.37. The van der Waals surface area contributed by atoms with E-state index in [1.54, 1.807) is 6.92 Å². The molecule has 0 saturated heterocycles. The molecule has 0 amide bonds. The largest absolute Gasteiger partial charge is 0.466 e. The molecule has 19 heavy (non-hydrogen) atoms. The molecule has 4 nitrogen and oxygen atoms in total. The highest BCUT2D eigenvalue weighted by Gasteiger charge is 2.13. The van der Waals surface area contributed by atoms with Gasteiger partial charge in [0.2, 0.25) is 0 Å². The van der Waals surface area contributed by atoms with Crippen molar-refractivity contribution in [2.75, 3.05) is 18.5 Å². The smallest absolute Gasteiger partial charge is 0.308 e. The Kier molecular flexibility index (Phi) is 6.54. The molecule has 0 bridgehead atoms. The number of hydrogen-bond acceptors (Lipinski definition) is 4. The van der Waals surface area contributed by atoms with Crippen molar-refractivity contribution >= 4 is 39.2 Å². The van der Waals surface area contributed by atoms with E-state index in [0.717, 1.165) is 6.07 Å². The lowest BCUT2D eigenvalue weighted by molar-refractivity contribution is -0.145. The highest BCUT2D eigenvalue weighted by Crippen LogP contribution is 2.31. The number of hydrogen-bond donors (Lipinski definition) is 2. The van der Waals surface area contributed by atoms with Crippen molar-refractivity contribution in [2.24, 2.45) is 0 Å². The first kappa shape index (κ1) is 16.2. The first-order chi connectivity index (χ1) is 8.93. The van der Waals surface area contributed by atoms with Gasteiger partial charge in [0.15, 0.2) is 0 Å². The molecule has 1 unspecified atom stereocenters. The maximum Gasteiger partial charge on any atom is 0.308 e. The average Bonchev–Trinajstić information content (AvgIpc) is 2.27. The summed E-state index contributed by atoms with van der Waals surface area (Å²) >= 11 is 9.03. The van der Waals surface area contributed by atoms with E-state index in [1.165, 1.54) is 6.07 Å². The number of rotatable bonds is 6. The molecule has 0 heterocycles. The first-order valence-electron chi connectivity index (χ1n) is 5.66. The molecule has 0 aliphatic heterocycles. The molecule has 0 saturated carbocycles. The molecule has 0 fully saturated rings. The van der Waals surface area contributed by atoms with Gasteiger partial charge in [-0.15, -0.1) is 0 Å². The highest BCUT2D eigenvalue weighted by atomic mass is 79.9. The van der Waals surface area contributed by atoms with Crippen molar-refractivity contribution in [1.82, 2.24) is 0 Å². The number of carbonyl (C=O) groups excluding carboxylic acids is 1. The second-order valence-electron chi connectivity index (χ2n) is 3.79. The van der Waals surface area contributed by atoms with E-state index < -0.39 is 17.9 Å². The topological polar surface area (TPSA) is 58.6 Å². The van der Waals surface area contributed by atoms with Crippen LogP contribution in [0, 0.1) is 5.82 Å². The number of aliphatic hydroxyl groups excluding tert-OH is 1. The zero-order valence-corrected chi connectivity index (χ0v) is 12.6. The molecule has 1 aromatic carbocycles. The summed E-state index contributed by atoms with van der Waals surface area (Å²) in [4.78, 5) is 11.1. The third-order valence-electron chi connectivity index (χ3n) is 2.23. The van der Waals surface area contributed by atoms with Crippen molar-refractivity contribution in [1.29, 1.82) is 0 Å². The van der Waals surface area contributed by atoms with Crippen LogP contribution in [-0.2, 0) is 9.53 Å². The SMILES string of the molecule is CCOC(=O)CC(O)CNc1c(Cl)cc(F)cc1Br. The zero-order valence-electron chi connectivity index (χ0n) is 10.3. The zero-order chi connectivity index (χ0) is 14.4. The Labute approximate surface area is 124 Å². The predicted molar refractivity (Wildman–Crippen MR) is 74.9 cm³/mol. The number of nitrogens with one attached hydrogen (secondary N) is 1. The molecule has 0 aliphatic rings. The minimum Gasteiger partial charge on any atom is -0.466 e. The van der Waals surface area contributed by atoms with Crippen molar-refractivity contribution in [3.63, 3.8) is 0 Å². The normalized spacial score (nSPS) is 12.1. The molecule has 0 radical (unpaired) electrons. The van der Waals surface area contributed by atoms with Crippen LogP contribution in [0.25, 0.3) is 0 Å². The first-order valence-corrected chi connectivity index (χ1v) is 6.83. The lowest BCUT2D eigenvalue weighted by Gasteiger charge is -2.14. The van der Waals surface area contributed by atoms with Gasteiger partial charge < -0.3 is 15.2 Å². The summed E-state index contributed by atoms with van der Waals surface area (Å²) < 4.78 is 18.2. The van der Waals surface area contributed by atoms with Gasteiger partial charge in [-0.1, -0.05) is 11.6 Å².